The molecule has 4 heteroatoms. The number of hydrogen-bond acceptors (Lipinski definition) is 3. The maximum absolute atomic E-state index is 4.12. The molecule has 12 heavy (non-hydrogen) atoms. The first kappa shape index (κ1) is 9.03. The van der Waals surface area contributed by atoms with Gasteiger partial charge in [-0.15, -0.1) is 5.10 Å². The Kier molecular flexibility index (Phi) is 2.68. The third-order valence-corrected chi connectivity index (χ3v) is 1.75. The van der Waals surface area contributed by atoms with Crippen LogP contribution in [-0.4, -0.2) is 27.3 Å². The van der Waals surface area contributed by atoms with E-state index < -0.39 is 0 Å². The molecule has 0 atom stereocenters. The first-order valence-electron chi connectivity index (χ1n) is 4.27. The fourth-order valence-electron chi connectivity index (χ4n) is 1.38. The van der Waals surface area contributed by atoms with E-state index in [-0.39, 0.29) is 0 Å². The fourth-order valence-corrected chi connectivity index (χ4v) is 1.38. The summed E-state index contributed by atoms with van der Waals surface area (Å²) in [5.41, 5.74) is 0. The molecule has 0 aromatic carbocycles. The van der Waals surface area contributed by atoms with Gasteiger partial charge in [0.15, 0.2) is 0 Å². The van der Waals surface area contributed by atoms with Crippen molar-refractivity contribution in [1.29, 1.82) is 0 Å². The molecule has 0 radical (unpaired) electrons. The predicted molar refractivity (Wildman–Crippen MR) is 49.1 cm³/mol. The average molecular weight is 168 g/mol. The van der Waals surface area contributed by atoms with Crippen molar-refractivity contribution < 1.29 is 0 Å². The van der Waals surface area contributed by atoms with E-state index >= 15 is 0 Å². The fraction of sp³-hybridized carbons (Fsp3) is 0.750. The van der Waals surface area contributed by atoms with Crippen molar-refractivity contribution in [1.82, 2.24) is 15.2 Å². The zero-order valence-electron chi connectivity index (χ0n) is 8.07. The quantitative estimate of drug-likeness (QED) is 0.742. The molecular formula is C8H16N4. The molecule has 0 aliphatic carbocycles. The highest BCUT2D eigenvalue weighted by atomic mass is 15.4. The van der Waals surface area contributed by atoms with Gasteiger partial charge in [0.25, 0.3) is 0 Å². The molecule has 68 valence electrons. The van der Waals surface area contributed by atoms with Gasteiger partial charge in [-0.2, -0.15) is 0 Å². The standard InChI is InChI=1S/C8H16N4/c1-6(2)12(7(3)4)8-9-5-10-11-8/h5-7H,1-4H3,(H,9,10,11). The van der Waals surface area contributed by atoms with Gasteiger partial charge in [-0.3, -0.25) is 5.10 Å². The molecule has 0 saturated carbocycles. The average Bonchev–Trinajstić information content (AvgIpc) is 2.37. The van der Waals surface area contributed by atoms with E-state index in [1.54, 1.807) is 6.33 Å². The molecule has 0 aliphatic rings. The van der Waals surface area contributed by atoms with Crippen LogP contribution in [0.3, 0.4) is 0 Å². The van der Waals surface area contributed by atoms with Crippen molar-refractivity contribution in [2.45, 2.75) is 39.8 Å². The van der Waals surface area contributed by atoms with Crippen LogP contribution in [0, 0.1) is 0 Å². The second-order valence-electron chi connectivity index (χ2n) is 3.39. The molecule has 0 bridgehead atoms. The number of nitrogens with one attached hydrogen (secondary N) is 1. The van der Waals surface area contributed by atoms with Gasteiger partial charge in [-0.05, 0) is 27.7 Å². The first-order chi connectivity index (χ1) is 5.63. The summed E-state index contributed by atoms with van der Waals surface area (Å²) in [6, 6.07) is 0.863. The van der Waals surface area contributed by atoms with E-state index in [9.17, 15) is 0 Å². The van der Waals surface area contributed by atoms with Gasteiger partial charge in [0.1, 0.15) is 6.33 Å². The third-order valence-electron chi connectivity index (χ3n) is 1.75. The van der Waals surface area contributed by atoms with E-state index in [0.29, 0.717) is 12.1 Å². The number of nitrogens with zero attached hydrogens (tertiary/aromatic N) is 3. The number of anilines is 1. The Labute approximate surface area is 73.0 Å². The van der Waals surface area contributed by atoms with Crippen molar-refractivity contribution in [3.05, 3.63) is 6.33 Å². The van der Waals surface area contributed by atoms with Crippen molar-refractivity contribution in [3.63, 3.8) is 0 Å². The molecule has 4 nitrogen and oxygen atoms in total. The van der Waals surface area contributed by atoms with Gasteiger partial charge in [0.2, 0.25) is 5.95 Å². The largest absolute Gasteiger partial charge is 0.335 e. The molecule has 1 aromatic heterocycles. The summed E-state index contributed by atoms with van der Waals surface area (Å²) in [5.74, 6) is 0.778. The first-order valence-corrected chi connectivity index (χ1v) is 4.27. The normalized spacial score (nSPS) is 11.2. The molecule has 1 N–H and O–H groups in total. The Morgan fingerprint density at radius 2 is 1.83 bits per heavy atom. The van der Waals surface area contributed by atoms with Gasteiger partial charge in [0.05, 0.1) is 0 Å². The smallest absolute Gasteiger partial charge is 0.244 e. The van der Waals surface area contributed by atoms with Crippen LogP contribution in [-0.2, 0) is 0 Å². The van der Waals surface area contributed by atoms with E-state index in [0.717, 1.165) is 5.95 Å². The summed E-state index contributed by atoms with van der Waals surface area (Å²) < 4.78 is 0. The Morgan fingerprint density at radius 3 is 2.17 bits per heavy atom. The summed E-state index contributed by atoms with van der Waals surface area (Å²) in [6.45, 7) is 8.54. The highest BCUT2D eigenvalue weighted by molar-refractivity contribution is 5.29. The summed E-state index contributed by atoms with van der Waals surface area (Å²) in [4.78, 5) is 6.28. The van der Waals surface area contributed by atoms with Gasteiger partial charge < -0.3 is 4.90 Å². The number of hydrogen-bond donors (Lipinski definition) is 1. The topological polar surface area (TPSA) is 44.8 Å². The lowest BCUT2D eigenvalue weighted by molar-refractivity contribution is 0.592. The van der Waals surface area contributed by atoms with Crippen LogP contribution < -0.4 is 4.90 Å². The van der Waals surface area contributed by atoms with Crippen LogP contribution in [0.1, 0.15) is 27.7 Å². The number of H-pyrrole nitrogens is 1. The summed E-state index contributed by atoms with van der Waals surface area (Å²) in [5, 5.41) is 6.77. The van der Waals surface area contributed by atoms with Gasteiger partial charge in [-0.25, -0.2) is 4.98 Å². The number of rotatable bonds is 3. The minimum absolute atomic E-state index is 0.431. The van der Waals surface area contributed by atoms with E-state index in [1.165, 1.54) is 0 Å². The summed E-state index contributed by atoms with van der Waals surface area (Å²) in [7, 11) is 0. The molecule has 0 aliphatic heterocycles. The van der Waals surface area contributed by atoms with Crippen LogP contribution in [0.15, 0.2) is 6.33 Å². The van der Waals surface area contributed by atoms with Crippen LogP contribution in [0.25, 0.3) is 0 Å². The lowest BCUT2D eigenvalue weighted by Crippen LogP contribution is -2.37. The monoisotopic (exact) mass is 168 g/mol. The summed E-state index contributed by atoms with van der Waals surface area (Å²) in [6.07, 6.45) is 1.60. The lowest BCUT2D eigenvalue weighted by atomic mass is 10.2. The number of aromatic nitrogens is 3. The minimum atomic E-state index is 0.431. The number of aromatic amines is 1. The zero-order chi connectivity index (χ0) is 9.14. The molecule has 0 unspecified atom stereocenters. The molecule has 1 rings (SSSR count). The molecule has 0 amide bonds. The van der Waals surface area contributed by atoms with E-state index in [4.69, 9.17) is 0 Å². The molecule has 0 spiro atoms. The predicted octanol–water partition coefficient (Wildman–Crippen LogP) is 1.43. The Hall–Kier alpha value is -1.06. The SMILES string of the molecule is CC(C)N(c1nc[nH]n1)C(C)C. The van der Waals surface area contributed by atoms with E-state index in [1.807, 2.05) is 0 Å². The van der Waals surface area contributed by atoms with E-state index in [2.05, 4.69) is 47.8 Å². The maximum Gasteiger partial charge on any atom is 0.244 e. The zero-order valence-corrected chi connectivity index (χ0v) is 8.07. The molecular weight excluding hydrogens is 152 g/mol. The molecule has 1 heterocycles. The summed E-state index contributed by atoms with van der Waals surface area (Å²) >= 11 is 0. The minimum Gasteiger partial charge on any atom is -0.335 e. The second-order valence-corrected chi connectivity index (χ2v) is 3.39. The molecule has 1 aromatic rings. The second kappa shape index (κ2) is 3.56. The highest BCUT2D eigenvalue weighted by Crippen LogP contribution is 2.12. The Morgan fingerprint density at radius 1 is 1.25 bits per heavy atom. The van der Waals surface area contributed by atoms with Crippen molar-refractivity contribution in [3.8, 4) is 0 Å². The van der Waals surface area contributed by atoms with Crippen molar-refractivity contribution in [2.75, 3.05) is 4.90 Å². The van der Waals surface area contributed by atoms with Gasteiger partial charge in [-0.1, -0.05) is 0 Å². The van der Waals surface area contributed by atoms with Crippen molar-refractivity contribution in [2.24, 2.45) is 0 Å². The molecule has 0 fully saturated rings. The van der Waals surface area contributed by atoms with Crippen LogP contribution in [0.4, 0.5) is 5.95 Å². The maximum atomic E-state index is 4.12. The van der Waals surface area contributed by atoms with Gasteiger partial charge >= 0.3 is 0 Å². The van der Waals surface area contributed by atoms with Crippen molar-refractivity contribution >= 4 is 5.95 Å². The Bertz CT molecular complexity index is 207. The lowest BCUT2D eigenvalue weighted by Gasteiger charge is -2.29. The molecule has 0 saturated heterocycles. The van der Waals surface area contributed by atoms with Crippen LogP contribution >= 0.6 is 0 Å². The van der Waals surface area contributed by atoms with Gasteiger partial charge in [0, 0.05) is 12.1 Å². The third kappa shape index (κ3) is 1.75. The van der Waals surface area contributed by atoms with Crippen LogP contribution in [0.2, 0.25) is 0 Å². The Balaban J connectivity index is 2.81. The van der Waals surface area contributed by atoms with Crippen LogP contribution in [0.5, 0.6) is 0 Å². The highest BCUT2D eigenvalue weighted by Gasteiger charge is 2.16.